The second kappa shape index (κ2) is 7.51. The van der Waals surface area contributed by atoms with Crippen molar-refractivity contribution >= 4 is 16.9 Å². The average Bonchev–Trinajstić information content (AvgIpc) is 2.36. The monoisotopic (exact) mass is 252 g/mol. The molecule has 1 aromatic rings. The van der Waals surface area contributed by atoms with Crippen LogP contribution >= 0.6 is 11.8 Å². The molecule has 94 valence electrons. The van der Waals surface area contributed by atoms with Gasteiger partial charge in [-0.2, -0.15) is 0 Å². The summed E-state index contributed by atoms with van der Waals surface area (Å²) in [6, 6.07) is 10.0. The Morgan fingerprint density at radius 1 is 1.35 bits per heavy atom. The maximum absolute atomic E-state index is 11.6. The van der Waals surface area contributed by atoms with Crippen molar-refractivity contribution in [1.29, 1.82) is 0 Å². The molecule has 0 aliphatic rings. The summed E-state index contributed by atoms with van der Waals surface area (Å²) in [6.45, 7) is 3.76. The van der Waals surface area contributed by atoms with Crippen LogP contribution in [0, 0.1) is 5.92 Å². The summed E-state index contributed by atoms with van der Waals surface area (Å²) in [5.41, 5.74) is 1.20. The van der Waals surface area contributed by atoms with Crippen molar-refractivity contribution in [2.45, 2.75) is 32.8 Å². The number of hydrogen-bond acceptors (Lipinski definition) is 3. The Morgan fingerprint density at radius 3 is 2.59 bits per heavy atom. The third kappa shape index (κ3) is 4.92. The molecule has 0 aliphatic carbocycles. The predicted octanol–water partition coefficient (Wildman–Crippen LogP) is 2.90. The van der Waals surface area contributed by atoms with E-state index in [1.54, 1.807) is 6.92 Å². The summed E-state index contributed by atoms with van der Waals surface area (Å²) in [5, 5.41) is 10.0. The van der Waals surface area contributed by atoms with Gasteiger partial charge >= 0.3 is 0 Å². The number of hydrogen-bond donors (Lipinski definition) is 1. The van der Waals surface area contributed by atoms with Gasteiger partial charge in [-0.25, -0.2) is 0 Å². The molecule has 0 heterocycles. The average molecular weight is 252 g/mol. The molecule has 0 saturated carbocycles. The first kappa shape index (κ1) is 14.3. The lowest BCUT2D eigenvalue weighted by atomic mass is 9.99. The molecule has 0 amide bonds. The number of rotatable bonds is 6. The van der Waals surface area contributed by atoms with Crippen LogP contribution in [0.1, 0.15) is 25.8 Å². The highest BCUT2D eigenvalue weighted by atomic mass is 32.2. The third-order valence-electron chi connectivity index (χ3n) is 2.81. The van der Waals surface area contributed by atoms with Crippen LogP contribution in [0.15, 0.2) is 30.3 Å². The van der Waals surface area contributed by atoms with E-state index < -0.39 is 6.10 Å². The van der Waals surface area contributed by atoms with Gasteiger partial charge in [0.05, 0.1) is 12.0 Å². The minimum atomic E-state index is -0.540. The second-order valence-electron chi connectivity index (χ2n) is 4.13. The number of aliphatic hydroxyl groups is 1. The topological polar surface area (TPSA) is 37.3 Å². The van der Waals surface area contributed by atoms with Gasteiger partial charge in [-0.1, -0.05) is 55.9 Å². The second-order valence-corrected chi connectivity index (χ2v) is 5.40. The summed E-state index contributed by atoms with van der Waals surface area (Å²) >= 11 is 1.29. The quantitative estimate of drug-likeness (QED) is 0.846. The Morgan fingerprint density at radius 2 is 2.00 bits per heavy atom. The molecule has 2 atom stereocenters. The van der Waals surface area contributed by atoms with Gasteiger partial charge in [-0.3, -0.25) is 4.79 Å². The van der Waals surface area contributed by atoms with Gasteiger partial charge in [0.25, 0.3) is 0 Å². The van der Waals surface area contributed by atoms with Crippen molar-refractivity contribution in [2.24, 2.45) is 5.92 Å². The summed E-state index contributed by atoms with van der Waals surface area (Å²) in [6.07, 6.45) is 0.916. The zero-order valence-electron chi connectivity index (χ0n) is 10.4. The van der Waals surface area contributed by atoms with Crippen LogP contribution in [0.2, 0.25) is 0 Å². The minimum Gasteiger partial charge on any atom is -0.392 e. The van der Waals surface area contributed by atoms with Crippen LogP contribution in [-0.2, 0) is 11.2 Å². The maximum Gasteiger partial charge on any atom is 0.194 e. The lowest BCUT2D eigenvalue weighted by Crippen LogP contribution is -2.24. The molecule has 1 rings (SSSR count). The number of benzene rings is 1. The van der Waals surface area contributed by atoms with Gasteiger partial charge in [0.2, 0.25) is 0 Å². The van der Waals surface area contributed by atoms with Crippen LogP contribution in [-0.4, -0.2) is 22.1 Å². The van der Waals surface area contributed by atoms with E-state index in [0.29, 0.717) is 6.42 Å². The van der Waals surface area contributed by atoms with Crippen molar-refractivity contribution in [3.8, 4) is 0 Å². The highest BCUT2D eigenvalue weighted by Crippen LogP contribution is 2.18. The van der Waals surface area contributed by atoms with E-state index in [2.05, 4.69) is 0 Å². The molecule has 0 fully saturated rings. The van der Waals surface area contributed by atoms with Crippen molar-refractivity contribution < 1.29 is 9.90 Å². The zero-order chi connectivity index (χ0) is 12.7. The first-order valence-corrected chi connectivity index (χ1v) is 7.02. The Bertz CT molecular complexity index is 337. The fraction of sp³-hybridized carbons (Fsp3) is 0.500. The van der Waals surface area contributed by atoms with Gasteiger partial charge in [0.15, 0.2) is 5.12 Å². The summed E-state index contributed by atoms with van der Waals surface area (Å²) in [4.78, 5) is 11.6. The van der Waals surface area contributed by atoms with Gasteiger partial charge in [0.1, 0.15) is 0 Å². The molecule has 0 saturated heterocycles. The molecule has 0 spiro atoms. The van der Waals surface area contributed by atoms with Crippen molar-refractivity contribution in [3.05, 3.63) is 35.9 Å². The number of thioether (sulfide) groups is 1. The number of carbonyl (C=O) groups excluding carboxylic acids is 1. The smallest absolute Gasteiger partial charge is 0.194 e. The van der Waals surface area contributed by atoms with Crippen LogP contribution < -0.4 is 0 Å². The van der Waals surface area contributed by atoms with Crippen molar-refractivity contribution in [2.75, 3.05) is 5.75 Å². The number of aryl methyl sites for hydroxylation is 1. The zero-order valence-corrected chi connectivity index (χ0v) is 11.2. The van der Waals surface area contributed by atoms with E-state index >= 15 is 0 Å². The van der Waals surface area contributed by atoms with E-state index in [1.165, 1.54) is 17.3 Å². The normalized spacial score (nSPS) is 14.3. The van der Waals surface area contributed by atoms with Crippen LogP contribution in [0.3, 0.4) is 0 Å². The Balaban J connectivity index is 2.39. The van der Waals surface area contributed by atoms with Gasteiger partial charge in [-0.15, -0.1) is 0 Å². The molecule has 1 aromatic carbocycles. The molecule has 0 aromatic heterocycles. The molecule has 0 aliphatic heterocycles. The first-order valence-electron chi connectivity index (χ1n) is 6.03. The van der Waals surface area contributed by atoms with E-state index in [4.69, 9.17) is 0 Å². The number of carbonyl (C=O) groups is 1. The molecule has 0 radical (unpaired) electrons. The molecule has 17 heavy (non-hydrogen) atoms. The van der Waals surface area contributed by atoms with E-state index in [0.717, 1.165) is 12.2 Å². The number of aliphatic hydroxyl groups excluding tert-OH is 1. The van der Waals surface area contributed by atoms with Crippen LogP contribution in [0.4, 0.5) is 0 Å². The first-order chi connectivity index (χ1) is 8.15. The minimum absolute atomic E-state index is 0.0908. The largest absolute Gasteiger partial charge is 0.392 e. The lowest BCUT2D eigenvalue weighted by molar-refractivity contribution is -0.117. The van der Waals surface area contributed by atoms with E-state index in [1.807, 2.05) is 37.3 Å². The van der Waals surface area contributed by atoms with Gasteiger partial charge in [0, 0.05) is 0 Å². The lowest BCUT2D eigenvalue weighted by Gasteiger charge is -2.16. The molecular weight excluding hydrogens is 232 g/mol. The molecule has 1 N–H and O–H groups in total. The standard InChI is InChI=1S/C14H20O2S/c1-3-17-14(16)11(2)13(15)10-9-12-7-5-4-6-8-12/h4-8,11,13,15H,3,9-10H2,1-2H3/t11-,13+/m1/s1. The SMILES string of the molecule is CCSC(=O)[C@H](C)[C@@H](O)CCc1ccccc1. The molecule has 2 nitrogen and oxygen atoms in total. The van der Waals surface area contributed by atoms with Crippen LogP contribution in [0.25, 0.3) is 0 Å². The van der Waals surface area contributed by atoms with Crippen molar-refractivity contribution in [3.63, 3.8) is 0 Å². The molecular formula is C14H20O2S. The molecule has 0 unspecified atom stereocenters. The summed E-state index contributed by atoms with van der Waals surface area (Å²) in [7, 11) is 0. The predicted molar refractivity (Wildman–Crippen MR) is 73.1 cm³/mol. The van der Waals surface area contributed by atoms with Gasteiger partial charge < -0.3 is 5.11 Å². The Hall–Kier alpha value is -0.800. The maximum atomic E-state index is 11.6. The highest BCUT2D eigenvalue weighted by molar-refractivity contribution is 8.13. The molecule has 3 heteroatoms. The van der Waals surface area contributed by atoms with Gasteiger partial charge in [-0.05, 0) is 24.2 Å². The third-order valence-corrected chi connectivity index (χ3v) is 3.75. The van der Waals surface area contributed by atoms with Crippen LogP contribution in [0.5, 0.6) is 0 Å². The Labute approximate surface area is 107 Å². The molecule has 0 bridgehead atoms. The van der Waals surface area contributed by atoms with E-state index in [9.17, 15) is 9.90 Å². The van der Waals surface area contributed by atoms with E-state index in [-0.39, 0.29) is 11.0 Å². The fourth-order valence-corrected chi connectivity index (χ4v) is 2.34. The van der Waals surface area contributed by atoms with Crippen molar-refractivity contribution in [1.82, 2.24) is 0 Å². The fourth-order valence-electron chi connectivity index (χ4n) is 1.64. The summed E-state index contributed by atoms with van der Waals surface area (Å²) in [5.74, 6) is 0.498. The highest BCUT2D eigenvalue weighted by Gasteiger charge is 2.21. The Kier molecular flexibility index (Phi) is 6.30. The summed E-state index contributed by atoms with van der Waals surface area (Å²) < 4.78 is 0.